The van der Waals surface area contributed by atoms with Gasteiger partial charge in [0.05, 0.1) is 42.5 Å². The molecule has 178 valence electrons. The Hall–Kier alpha value is -2.55. The maximum Gasteiger partial charge on any atom is 0.295 e. The highest BCUT2D eigenvalue weighted by molar-refractivity contribution is 7.10. The molecule has 0 bridgehead atoms. The Bertz CT molecular complexity index is 1080. The minimum atomic E-state index is -0.744. The Balaban J connectivity index is 2.12. The molecule has 1 aliphatic heterocycles. The largest absolute Gasteiger partial charge is 0.507 e. The predicted molar refractivity (Wildman–Crippen MR) is 128 cm³/mol. The van der Waals surface area contributed by atoms with Gasteiger partial charge in [0, 0.05) is 24.1 Å². The third-order valence-electron chi connectivity index (χ3n) is 5.41. The van der Waals surface area contributed by atoms with Crippen molar-refractivity contribution >= 4 is 40.4 Å². The molecule has 2 heterocycles. The van der Waals surface area contributed by atoms with Gasteiger partial charge in [0.1, 0.15) is 17.3 Å². The molecule has 2 aromatic rings. The number of amides is 1. The molecule has 0 aliphatic carbocycles. The molecule has 0 saturated carbocycles. The summed E-state index contributed by atoms with van der Waals surface area (Å²) < 4.78 is 16.3. The number of thiophene rings is 1. The number of carbonyl (C=O) groups excluding carboxylic acids is 2. The molecule has 1 amide bonds. The zero-order valence-corrected chi connectivity index (χ0v) is 20.9. The number of ether oxygens (including phenoxy) is 3. The van der Waals surface area contributed by atoms with Gasteiger partial charge in [-0.25, -0.2) is 0 Å². The van der Waals surface area contributed by atoms with Crippen LogP contribution in [0.2, 0.25) is 5.02 Å². The molecule has 0 spiro atoms. The molecule has 1 aromatic carbocycles. The van der Waals surface area contributed by atoms with Crippen molar-refractivity contribution < 1.29 is 28.9 Å². The zero-order chi connectivity index (χ0) is 24.3. The molecule has 1 aliphatic rings. The van der Waals surface area contributed by atoms with Crippen LogP contribution in [0, 0.1) is 6.92 Å². The van der Waals surface area contributed by atoms with E-state index in [1.165, 1.54) is 42.6 Å². The van der Waals surface area contributed by atoms with Crippen molar-refractivity contribution in [1.82, 2.24) is 4.90 Å². The van der Waals surface area contributed by atoms with Gasteiger partial charge in [-0.05, 0) is 50.3 Å². The number of carbonyl (C=O) groups is 2. The number of aryl methyl sites for hydroxylation is 1. The molecule has 1 aromatic heterocycles. The van der Waals surface area contributed by atoms with Crippen LogP contribution in [0.15, 0.2) is 29.2 Å². The molecule has 7 nitrogen and oxygen atoms in total. The summed E-state index contributed by atoms with van der Waals surface area (Å²) in [6.45, 7) is 6.57. The van der Waals surface area contributed by atoms with E-state index in [1.54, 1.807) is 0 Å². The Morgan fingerprint density at radius 3 is 2.48 bits per heavy atom. The molecule has 9 heteroatoms. The highest BCUT2D eigenvalue weighted by Crippen LogP contribution is 2.45. The standard InChI is InChI=1S/C24H28ClNO6S/c1-13(2)32-9-6-8-26-20(23-14(3)7-10-33-23)19(22(28)24(26)29)21(27)15-11-18(31-5)16(25)12-17(15)30-4/h7,10-13,20,27H,6,8-9H2,1-5H3/b21-19+. The lowest BCUT2D eigenvalue weighted by molar-refractivity contribution is -0.140. The van der Waals surface area contributed by atoms with Crippen LogP contribution in [0.3, 0.4) is 0 Å². The molecule has 33 heavy (non-hydrogen) atoms. The van der Waals surface area contributed by atoms with E-state index in [1.807, 2.05) is 32.2 Å². The second-order valence-corrected chi connectivity index (χ2v) is 9.28. The number of halogens is 1. The smallest absolute Gasteiger partial charge is 0.295 e. The molecule has 1 saturated heterocycles. The number of methoxy groups -OCH3 is 2. The fraction of sp³-hybridized carbons (Fsp3) is 0.417. The summed E-state index contributed by atoms with van der Waals surface area (Å²) in [7, 11) is 2.88. The molecule has 1 N–H and O–H groups in total. The van der Waals surface area contributed by atoms with Crippen molar-refractivity contribution in [2.24, 2.45) is 0 Å². The van der Waals surface area contributed by atoms with Gasteiger partial charge in [-0.2, -0.15) is 0 Å². The van der Waals surface area contributed by atoms with E-state index in [0.717, 1.165) is 10.4 Å². The van der Waals surface area contributed by atoms with Crippen LogP contribution < -0.4 is 9.47 Å². The van der Waals surface area contributed by atoms with E-state index in [2.05, 4.69) is 0 Å². The fourth-order valence-corrected chi connectivity index (χ4v) is 5.07. The first-order chi connectivity index (χ1) is 15.7. The van der Waals surface area contributed by atoms with Gasteiger partial charge in [0.25, 0.3) is 11.7 Å². The van der Waals surface area contributed by atoms with E-state index in [9.17, 15) is 14.7 Å². The van der Waals surface area contributed by atoms with Crippen LogP contribution in [-0.2, 0) is 14.3 Å². The first kappa shape index (κ1) is 25.1. The maximum atomic E-state index is 13.2. The molecule has 0 radical (unpaired) electrons. The average Bonchev–Trinajstić information content (AvgIpc) is 3.31. The predicted octanol–water partition coefficient (Wildman–Crippen LogP) is 4.96. The van der Waals surface area contributed by atoms with Crippen LogP contribution in [-0.4, -0.2) is 55.2 Å². The third-order valence-corrected chi connectivity index (χ3v) is 6.78. The Labute approximate surface area is 202 Å². The molecular formula is C24H28ClNO6S. The van der Waals surface area contributed by atoms with Gasteiger partial charge < -0.3 is 24.2 Å². The lowest BCUT2D eigenvalue weighted by Gasteiger charge is -2.25. The van der Waals surface area contributed by atoms with Gasteiger partial charge in [-0.15, -0.1) is 11.3 Å². The van der Waals surface area contributed by atoms with Crippen LogP contribution in [0.25, 0.3) is 5.76 Å². The normalized spacial score (nSPS) is 17.8. The number of nitrogens with zero attached hydrogens (tertiary/aromatic N) is 1. The highest BCUT2D eigenvalue weighted by Gasteiger charge is 2.47. The third kappa shape index (κ3) is 5.03. The zero-order valence-electron chi connectivity index (χ0n) is 19.3. The first-order valence-corrected chi connectivity index (χ1v) is 11.8. The molecule has 1 unspecified atom stereocenters. The number of benzene rings is 1. The topological polar surface area (TPSA) is 85.3 Å². The lowest BCUT2D eigenvalue weighted by atomic mass is 9.97. The molecule has 3 rings (SSSR count). The van der Waals surface area contributed by atoms with Crippen molar-refractivity contribution in [1.29, 1.82) is 0 Å². The van der Waals surface area contributed by atoms with Gasteiger partial charge in [-0.1, -0.05) is 11.6 Å². The number of hydrogen-bond acceptors (Lipinski definition) is 7. The van der Waals surface area contributed by atoms with Gasteiger partial charge >= 0.3 is 0 Å². The van der Waals surface area contributed by atoms with Crippen LogP contribution in [0.4, 0.5) is 0 Å². The Morgan fingerprint density at radius 1 is 1.21 bits per heavy atom. The fourth-order valence-electron chi connectivity index (χ4n) is 3.79. The first-order valence-electron chi connectivity index (χ1n) is 10.6. The number of rotatable bonds is 9. The average molecular weight is 494 g/mol. The summed E-state index contributed by atoms with van der Waals surface area (Å²) >= 11 is 7.64. The van der Waals surface area contributed by atoms with Gasteiger partial charge in [0.2, 0.25) is 0 Å². The molecule has 1 atom stereocenters. The van der Waals surface area contributed by atoms with Crippen molar-refractivity contribution in [3.05, 3.63) is 50.2 Å². The van der Waals surface area contributed by atoms with E-state index < -0.39 is 17.7 Å². The second kappa shape index (κ2) is 10.6. The SMILES string of the molecule is COc1cc(/C(O)=C2\C(=O)C(=O)N(CCCOC(C)C)C2c2sccc2C)c(OC)cc1Cl. The summed E-state index contributed by atoms with van der Waals surface area (Å²) in [4.78, 5) is 28.6. The van der Waals surface area contributed by atoms with E-state index in [0.29, 0.717) is 30.3 Å². The molecular weight excluding hydrogens is 466 g/mol. The minimum absolute atomic E-state index is 0.0120. The Kier molecular flexibility index (Phi) is 8.05. The van der Waals surface area contributed by atoms with Crippen LogP contribution in [0.5, 0.6) is 11.5 Å². The van der Waals surface area contributed by atoms with Crippen LogP contribution >= 0.6 is 22.9 Å². The molecule has 1 fully saturated rings. The maximum absolute atomic E-state index is 13.2. The van der Waals surface area contributed by atoms with Crippen molar-refractivity contribution in [2.75, 3.05) is 27.4 Å². The Morgan fingerprint density at radius 2 is 1.91 bits per heavy atom. The number of Topliss-reactive ketones (excluding diaryl/α,β-unsaturated/α-hetero) is 1. The summed E-state index contributed by atoms with van der Waals surface area (Å²) in [5.41, 5.74) is 1.17. The van der Waals surface area contributed by atoms with E-state index in [-0.39, 0.29) is 28.7 Å². The minimum Gasteiger partial charge on any atom is -0.507 e. The van der Waals surface area contributed by atoms with E-state index in [4.69, 9.17) is 25.8 Å². The summed E-state index contributed by atoms with van der Waals surface area (Å²) in [5, 5.41) is 13.5. The number of ketones is 1. The number of aliphatic hydroxyl groups excluding tert-OH is 1. The van der Waals surface area contributed by atoms with Gasteiger partial charge in [-0.3, -0.25) is 9.59 Å². The lowest BCUT2D eigenvalue weighted by Crippen LogP contribution is -2.31. The summed E-state index contributed by atoms with van der Waals surface area (Å²) in [5.74, 6) is -1.16. The second-order valence-electron chi connectivity index (χ2n) is 7.92. The van der Waals surface area contributed by atoms with E-state index >= 15 is 0 Å². The number of aliphatic hydroxyl groups is 1. The van der Waals surface area contributed by atoms with Crippen molar-refractivity contribution in [2.45, 2.75) is 39.3 Å². The number of hydrogen-bond donors (Lipinski definition) is 1. The number of likely N-dealkylation sites (tertiary alicyclic amines) is 1. The van der Waals surface area contributed by atoms with Crippen molar-refractivity contribution in [3.8, 4) is 11.5 Å². The highest BCUT2D eigenvalue weighted by atomic mass is 35.5. The quantitative estimate of drug-likeness (QED) is 0.230. The van der Waals surface area contributed by atoms with Gasteiger partial charge in [0.15, 0.2) is 0 Å². The van der Waals surface area contributed by atoms with Crippen LogP contribution in [0.1, 0.15) is 42.3 Å². The summed E-state index contributed by atoms with van der Waals surface area (Å²) in [6, 6.07) is 4.21. The monoisotopic (exact) mass is 493 g/mol. The van der Waals surface area contributed by atoms with Crippen molar-refractivity contribution in [3.63, 3.8) is 0 Å². The summed E-state index contributed by atoms with van der Waals surface area (Å²) in [6.07, 6.45) is 0.632.